The number of hydrogen-bond donors (Lipinski definition) is 1. The summed E-state index contributed by atoms with van der Waals surface area (Å²) in [7, 11) is 2.17. The summed E-state index contributed by atoms with van der Waals surface area (Å²) in [5.74, 6) is 0.774. The van der Waals surface area contributed by atoms with E-state index in [0.717, 1.165) is 19.4 Å². The summed E-state index contributed by atoms with van der Waals surface area (Å²) in [5.41, 5.74) is 5.21. The summed E-state index contributed by atoms with van der Waals surface area (Å²) in [6.45, 7) is 11.7. The monoisotopic (exact) mass is 393 g/mol. The first-order chi connectivity index (χ1) is 13.8. The van der Waals surface area contributed by atoms with Crippen molar-refractivity contribution in [1.29, 1.82) is 0 Å². The number of amides is 1. The molecule has 156 valence electrons. The molecule has 4 rings (SSSR count). The Kier molecular flexibility index (Phi) is 5.32. The highest BCUT2D eigenvalue weighted by Crippen LogP contribution is 2.41. The van der Waals surface area contributed by atoms with Crippen molar-refractivity contribution in [2.75, 3.05) is 13.6 Å². The summed E-state index contributed by atoms with van der Waals surface area (Å²) >= 11 is 0. The first kappa shape index (κ1) is 20.2. The normalized spacial score (nSPS) is 22.7. The van der Waals surface area contributed by atoms with Crippen LogP contribution >= 0.6 is 0 Å². The minimum atomic E-state index is -0.0842. The Morgan fingerprint density at radius 1 is 1.24 bits per heavy atom. The lowest BCUT2D eigenvalue weighted by Crippen LogP contribution is -2.51. The van der Waals surface area contributed by atoms with Gasteiger partial charge in [-0.15, -0.1) is 0 Å². The summed E-state index contributed by atoms with van der Waals surface area (Å²) in [4.78, 5) is 21.6. The molecule has 3 unspecified atom stereocenters. The maximum absolute atomic E-state index is 13.7. The summed E-state index contributed by atoms with van der Waals surface area (Å²) in [6.07, 6.45) is 6.49. The van der Waals surface area contributed by atoms with Crippen molar-refractivity contribution in [1.82, 2.24) is 14.8 Å². The highest BCUT2D eigenvalue weighted by molar-refractivity contribution is 5.99. The van der Waals surface area contributed by atoms with Gasteiger partial charge in [-0.3, -0.25) is 9.69 Å². The molecular weight excluding hydrogens is 358 g/mol. The van der Waals surface area contributed by atoms with Gasteiger partial charge in [-0.1, -0.05) is 32.1 Å². The van der Waals surface area contributed by atoms with E-state index in [-0.39, 0.29) is 23.9 Å². The molecule has 1 amide bonds. The van der Waals surface area contributed by atoms with E-state index in [1.54, 1.807) is 0 Å². The number of fused-ring (bicyclic) bond motifs is 2. The maximum atomic E-state index is 13.7. The van der Waals surface area contributed by atoms with Crippen LogP contribution in [0.3, 0.4) is 0 Å². The molecule has 29 heavy (non-hydrogen) atoms. The number of rotatable bonds is 5. The smallest absolute Gasteiger partial charge is 0.231 e. The molecule has 2 aliphatic rings. The van der Waals surface area contributed by atoms with Crippen LogP contribution in [0.25, 0.3) is 16.5 Å². The van der Waals surface area contributed by atoms with E-state index >= 15 is 0 Å². The number of carbonyl (C=O) groups excluding carboxylic acids is 1. The van der Waals surface area contributed by atoms with E-state index in [0.29, 0.717) is 12.0 Å². The predicted molar refractivity (Wildman–Crippen MR) is 121 cm³/mol. The first-order valence-electron chi connectivity index (χ1n) is 11.1. The van der Waals surface area contributed by atoms with Crippen molar-refractivity contribution in [2.24, 2.45) is 11.8 Å². The molecule has 4 heteroatoms. The average molecular weight is 394 g/mol. The summed E-state index contributed by atoms with van der Waals surface area (Å²) < 4.78 is 0. The predicted octanol–water partition coefficient (Wildman–Crippen LogP) is 4.71. The fraction of sp³-hybridized carbons (Fsp3) is 0.560. The number of hydrogen-bond acceptors (Lipinski definition) is 2. The molecule has 1 aromatic carbocycles. The molecule has 1 N–H and O–H groups in total. The average Bonchev–Trinajstić information content (AvgIpc) is 3.06. The van der Waals surface area contributed by atoms with Gasteiger partial charge in [0, 0.05) is 41.8 Å². The minimum Gasteiger partial charge on any atom is -0.361 e. The maximum Gasteiger partial charge on any atom is 0.231 e. The van der Waals surface area contributed by atoms with Crippen LogP contribution in [0.2, 0.25) is 0 Å². The zero-order valence-corrected chi connectivity index (χ0v) is 18.7. The van der Waals surface area contributed by atoms with E-state index < -0.39 is 0 Å². The molecule has 2 aromatic rings. The third kappa shape index (κ3) is 3.52. The number of likely N-dealkylation sites (N-methyl/N-ethyl adjacent to an activating group) is 1. The van der Waals surface area contributed by atoms with Crippen molar-refractivity contribution >= 4 is 22.4 Å². The summed E-state index contributed by atoms with van der Waals surface area (Å²) in [6, 6.07) is 7.32. The number of aromatic nitrogens is 1. The third-order valence-electron chi connectivity index (χ3n) is 6.68. The van der Waals surface area contributed by atoms with Gasteiger partial charge in [-0.2, -0.15) is 0 Å². The molecule has 0 bridgehead atoms. The van der Waals surface area contributed by atoms with Gasteiger partial charge in [0.15, 0.2) is 0 Å². The van der Waals surface area contributed by atoms with Crippen LogP contribution in [0, 0.1) is 11.8 Å². The molecule has 3 atom stereocenters. The Hall–Kier alpha value is -2.07. The zero-order chi connectivity index (χ0) is 20.9. The van der Waals surface area contributed by atoms with Gasteiger partial charge in [-0.05, 0) is 69.3 Å². The van der Waals surface area contributed by atoms with Gasteiger partial charge in [0.2, 0.25) is 5.91 Å². The number of benzene rings is 1. The molecule has 0 saturated heterocycles. The zero-order valence-electron chi connectivity index (χ0n) is 18.7. The fourth-order valence-electron chi connectivity index (χ4n) is 5.57. The Labute approximate surface area is 175 Å². The van der Waals surface area contributed by atoms with E-state index in [2.05, 4.69) is 86.9 Å². The van der Waals surface area contributed by atoms with Gasteiger partial charge in [0.05, 0.1) is 5.92 Å². The van der Waals surface area contributed by atoms with Crippen LogP contribution in [0.15, 0.2) is 30.5 Å². The van der Waals surface area contributed by atoms with Crippen molar-refractivity contribution in [2.45, 2.75) is 65.6 Å². The van der Waals surface area contributed by atoms with Crippen molar-refractivity contribution in [3.05, 3.63) is 41.6 Å². The standard InChI is InChI=1S/C25H35N3O/c1-15(2)10-17(5)28(16(3)4)25(29)19-11-21-20-8-7-9-22-24(20)18(13-26-22)12-23(21)27(6)14-19/h7-9,11,13,15-17,19,23,26H,10,12,14H2,1-6H3. The van der Waals surface area contributed by atoms with Crippen LogP contribution in [0.4, 0.5) is 0 Å². The molecule has 0 fully saturated rings. The number of H-pyrrole nitrogens is 1. The van der Waals surface area contributed by atoms with E-state index in [1.807, 2.05) is 0 Å². The lowest BCUT2D eigenvalue weighted by Gasteiger charge is -2.42. The van der Waals surface area contributed by atoms with E-state index in [4.69, 9.17) is 0 Å². The lowest BCUT2D eigenvalue weighted by atomic mass is 9.79. The third-order valence-corrected chi connectivity index (χ3v) is 6.68. The lowest BCUT2D eigenvalue weighted by molar-refractivity contribution is -0.139. The molecule has 4 nitrogen and oxygen atoms in total. The van der Waals surface area contributed by atoms with Gasteiger partial charge in [-0.25, -0.2) is 0 Å². The topological polar surface area (TPSA) is 39.3 Å². The fourth-order valence-corrected chi connectivity index (χ4v) is 5.57. The highest BCUT2D eigenvalue weighted by atomic mass is 16.2. The van der Waals surface area contributed by atoms with Crippen LogP contribution < -0.4 is 0 Å². The van der Waals surface area contributed by atoms with Gasteiger partial charge >= 0.3 is 0 Å². The van der Waals surface area contributed by atoms with Crippen molar-refractivity contribution in [3.63, 3.8) is 0 Å². The van der Waals surface area contributed by atoms with Gasteiger partial charge in [0.1, 0.15) is 0 Å². The molecule has 0 radical (unpaired) electrons. The SMILES string of the molecule is CC(C)CC(C)N(C(=O)C1C=C2c3cccc4[nH]cc(c34)CC2N(C)C1)C(C)C. The second-order valence-corrected chi connectivity index (χ2v) is 9.75. The molecule has 1 aliphatic carbocycles. The van der Waals surface area contributed by atoms with Crippen LogP contribution in [-0.2, 0) is 11.2 Å². The van der Waals surface area contributed by atoms with Gasteiger partial charge in [0.25, 0.3) is 0 Å². The molecule has 2 heterocycles. The molecular formula is C25H35N3O. The van der Waals surface area contributed by atoms with Crippen molar-refractivity contribution in [3.8, 4) is 0 Å². The van der Waals surface area contributed by atoms with E-state index in [1.165, 1.54) is 27.6 Å². The molecule has 1 aliphatic heterocycles. The molecule has 1 aromatic heterocycles. The number of carbonyl (C=O) groups is 1. The minimum absolute atomic E-state index is 0.0842. The number of nitrogens with one attached hydrogen (secondary N) is 1. The highest BCUT2D eigenvalue weighted by Gasteiger charge is 2.38. The number of aromatic amines is 1. The van der Waals surface area contributed by atoms with Crippen molar-refractivity contribution < 1.29 is 4.79 Å². The quantitative estimate of drug-likeness (QED) is 0.799. The Bertz CT molecular complexity index is 939. The molecule has 0 saturated carbocycles. The number of nitrogens with zero attached hydrogens (tertiary/aromatic N) is 2. The first-order valence-corrected chi connectivity index (χ1v) is 11.1. The Morgan fingerprint density at radius 3 is 2.69 bits per heavy atom. The molecule has 0 spiro atoms. The Balaban J connectivity index is 1.71. The second kappa shape index (κ2) is 7.64. The largest absolute Gasteiger partial charge is 0.361 e. The van der Waals surface area contributed by atoms with E-state index in [9.17, 15) is 4.79 Å². The van der Waals surface area contributed by atoms with Crippen LogP contribution in [0.1, 0.15) is 52.2 Å². The second-order valence-electron chi connectivity index (χ2n) is 9.75. The van der Waals surface area contributed by atoms with Gasteiger partial charge < -0.3 is 9.88 Å². The summed E-state index contributed by atoms with van der Waals surface area (Å²) in [5, 5.41) is 1.34. The Morgan fingerprint density at radius 2 is 2.00 bits per heavy atom. The van der Waals surface area contributed by atoms with Crippen LogP contribution in [-0.4, -0.2) is 52.4 Å². The van der Waals surface area contributed by atoms with Crippen LogP contribution in [0.5, 0.6) is 0 Å².